The van der Waals surface area contributed by atoms with E-state index in [1.165, 1.54) is 12.1 Å². The molecule has 1 unspecified atom stereocenters. The number of nitrogens with one attached hydrogen (secondary N) is 1. The summed E-state index contributed by atoms with van der Waals surface area (Å²) < 4.78 is 18.3. The Morgan fingerprint density at radius 3 is 2.42 bits per heavy atom. The fourth-order valence-electron chi connectivity index (χ4n) is 2.05. The van der Waals surface area contributed by atoms with E-state index in [4.69, 9.17) is 4.74 Å². The molecule has 0 amide bonds. The molecular weight excluding hydrogens is 241 g/mol. The number of anilines is 1. The standard InChI is InChI=1S/C16H18FNO/c1-11-4-9-15(16(10-11)19-3)12(2)18-14-7-5-13(17)6-8-14/h4-10,12,18H,1-3H3. The van der Waals surface area contributed by atoms with Gasteiger partial charge in [-0.1, -0.05) is 12.1 Å². The Morgan fingerprint density at radius 2 is 1.79 bits per heavy atom. The van der Waals surface area contributed by atoms with Crippen LogP contribution in [0.4, 0.5) is 10.1 Å². The Hall–Kier alpha value is -2.03. The minimum Gasteiger partial charge on any atom is -0.496 e. The van der Waals surface area contributed by atoms with Crippen LogP contribution in [0.3, 0.4) is 0 Å². The van der Waals surface area contributed by atoms with Gasteiger partial charge in [0.1, 0.15) is 11.6 Å². The van der Waals surface area contributed by atoms with Gasteiger partial charge in [0, 0.05) is 11.3 Å². The second-order valence-electron chi connectivity index (χ2n) is 4.62. The van der Waals surface area contributed by atoms with Gasteiger partial charge in [0.2, 0.25) is 0 Å². The second kappa shape index (κ2) is 5.74. The van der Waals surface area contributed by atoms with Crippen molar-refractivity contribution in [2.75, 3.05) is 12.4 Å². The second-order valence-corrected chi connectivity index (χ2v) is 4.62. The summed E-state index contributed by atoms with van der Waals surface area (Å²) in [5.74, 6) is 0.633. The molecule has 0 aliphatic carbocycles. The lowest BCUT2D eigenvalue weighted by atomic mass is 10.0. The normalized spacial score (nSPS) is 12.0. The topological polar surface area (TPSA) is 21.3 Å². The zero-order valence-electron chi connectivity index (χ0n) is 11.4. The molecule has 2 aromatic rings. The molecular formula is C16H18FNO. The maximum Gasteiger partial charge on any atom is 0.124 e. The van der Waals surface area contributed by atoms with Crippen molar-refractivity contribution in [1.82, 2.24) is 0 Å². The third-order valence-corrected chi connectivity index (χ3v) is 3.08. The van der Waals surface area contributed by atoms with Crippen molar-refractivity contribution in [2.45, 2.75) is 19.9 Å². The smallest absolute Gasteiger partial charge is 0.124 e. The largest absolute Gasteiger partial charge is 0.496 e. The molecule has 0 saturated carbocycles. The van der Waals surface area contributed by atoms with Crippen LogP contribution in [0.25, 0.3) is 0 Å². The number of hydrogen-bond donors (Lipinski definition) is 1. The lowest BCUT2D eigenvalue weighted by Crippen LogP contribution is -2.08. The van der Waals surface area contributed by atoms with Gasteiger partial charge in [0.15, 0.2) is 0 Å². The van der Waals surface area contributed by atoms with E-state index < -0.39 is 0 Å². The molecule has 0 saturated heterocycles. The number of methoxy groups -OCH3 is 1. The van der Waals surface area contributed by atoms with E-state index in [-0.39, 0.29) is 11.9 Å². The first-order valence-corrected chi connectivity index (χ1v) is 6.27. The summed E-state index contributed by atoms with van der Waals surface area (Å²) in [6.07, 6.45) is 0. The number of halogens is 1. The predicted molar refractivity (Wildman–Crippen MR) is 76.2 cm³/mol. The third-order valence-electron chi connectivity index (χ3n) is 3.08. The van der Waals surface area contributed by atoms with Crippen molar-refractivity contribution in [3.05, 3.63) is 59.4 Å². The Morgan fingerprint density at radius 1 is 1.11 bits per heavy atom. The molecule has 0 spiro atoms. The molecule has 19 heavy (non-hydrogen) atoms. The van der Waals surface area contributed by atoms with E-state index in [2.05, 4.69) is 24.4 Å². The van der Waals surface area contributed by atoms with Gasteiger partial charge in [-0.3, -0.25) is 0 Å². The molecule has 0 aromatic heterocycles. The highest BCUT2D eigenvalue weighted by Crippen LogP contribution is 2.28. The summed E-state index contributed by atoms with van der Waals surface area (Å²) in [5.41, 5.74) is 3.13. The molecule has 0 bridgehead atoms. The Bertz CT molecular complexity index is 551. The van der Waals surface area contributed by atoms with Crippen molar-refractivity contribution >= 4 is 5.69 Å². The number of aryl methyl sites for hydroxylation is 1. The summed E-state index contributed by atoms with van der Waals surface area (Å²) in [4.78, 5) is 0. The molecule has 2 nitrogen and oxygen atoms in total. The number of ether oxygens (including phenoxy) is 1. The summed E-state index contributed by atoms with van der Waals surface area (Å²) in [5, 5.41) is 3.33. The van der Waals surface area contributed by atoms with Gasteiger partial charge in [-0.05, 0) is 49.7 Å². The van der Waals surface area contributed by atoms with Gasteiger partial charge in [-0.15, -0.1) is 0 Å². The summed E-state index contributed by atoms with van der Waals surface area (Å²) in [6.45, 7) is 4.08. The van der Waals surface area contributed by atoms with Crippen LogP contribution in [-0.4, -0.2) is 7.11 Å². The van der Waals surface area contributed by atoms with E-state index in [0.29, 0.717) is 0 Å². The SMILES string of the molecule is COc1cc(C)ccc1C(C)Nc1ccc(F)cc1. The number of rotatable bonds is 4. The minimum absolute atomic E-state index is 0.0843. The molecule has 0 aliphatic rings. The maximum absolute atomic E-state index is 12.9. The van der Waals surface area contributed by atoms with E-state index in [9.17, 15) is 4.39 Å². The van der Waals surface area contributed by atoms with Crippen LogP contribution in [0.5, 0.6) is 5.75 Å². The van der Waals surface area contributed by atoms with Crippen molar-refractivity contribution in [2.24, 2.45) is 0 Å². The first kappa shape index (κ1) is 13.4. The highest BCUT2D eigenvalue weighted by atomic mass is 19.1. The van der Waals surface area contributed by atoms with Crippen LogP contribution in [0, 0.1) is 12.7 Å². The fourth-order valence-corrected chi connectivity index (χ4v) is 2.05. The quantitative estimate of drug-likeness (QED) is 0.883. The van der Waals surface area contributed by atoms with Crippen LogP contribution < -0.4 is 10.1 Å². The van der Waals surface area contributed by atoms with Gasteiger partial charge >= 0.3 is 0 Å². The molecule has 0 fully saturated rings. The number of benzene rings is 2. The van der Waals surface area contributed by atoms with Crippen molar-refractivity contribution in [3.63, 3.8) is 0 Å². The Labute approximate surface area is 113 Å². The Balaban J connectivity index is 2.19. The minimum atomic E-state index is -0.230. The fraction of sp³-hybridized carbons (Fsp3) is 0.250. The molecule has 1 N–H and O–H groups in total. The van der Waals surface area contributed by atoms with Crippen molar-refractivity contribution in [1.29, 1.82) is 0 Å². The van der Waals surface area contributed by atoms with Crippen molar-refractivity contribution < 1.29 is 9.13 Å². The molecule has 0 aliphatic heterocycles. The van der Waals surface area contributed by atoms with E-state index in [0.717, 1.165) is 22.6 Å². The monoisotopic (exact) mass is 259 g/mol. The molecule has 0 heterocycles. The lowest BCUT2D eigenvalue weighted by molar-refractivity contribution is 0.407. The summed E-state index contributed by atoms with van der Waals surface area (Å²) >= 11 is 0. The third kappa shape index (κ3) is 3.25. The highest BCUT2D eigenvalue weighted by Gasteiger charge is 2.11. The lowest BCUT2D eigenvalue weighted by Gasteiger charge is -2.19. The molecule has 2 aromatic carbocycles. The molecule has 3 heteroatoms. The summed E-state index contributed by atoms with van der Waals surface area (Å²) in [6, 6.07) is 12.6. The van der Waals surface area contributed by atoms with E-state index >= 15 is 0 Å². The first-order valence-electron chi connectivity index (χ1n) is 6.27. The van der Waals surface area contributed by atoms with Gasteiger partial charge < -0.3 is 10.1 Å². The molecule has 2 rings (SSSR count). The molecule has 1 atom stereocenters. The molecule has 0 radical (unpaired) electrons. The highest BCUT2D eigenvalue weighted by molar-refractivity contribution is 5.48. The van der Waals surface area contributed by atoms with Crippen LogP contribution in [0.1, 0.15) is 24.1 Å². The first-order chi connectivity index (χ1) is 9.10. The maximum atomic E-state index is 12.9. The van der Waals surface area contributed by atoms with Gasteiger partial charge in [-0.2, -0.15) is 0 Å². The van der Waals surface area contributed by atoms with E-state index in [1.54, 1.807) is 19.2 Å². The predicted octanol–water partition coefficient (Wildman–Crippen LogP) is 4.32. The zero-order valence-corrected chi connectivity index (χ0v) is 11.4. The van der Waals surface area contributed by atoms with Gasteiger partial charge in [-0.25, -0.2) is 4.39 Å². The van der Waals surface area contributed by atoms with Crippen LogP contribution >= 0.6 is 0 Å². The van der Waals surface area contributed by atoms with Gasteiger partial charge in [0.05, 0.1) is 13.2 Å². The summed E-state index contributed by atoms with van der Waals surface area (Å²) in [7, 11) is 1.67. The zero-order chi connectivity index (χ0) is 13.8. The van der Waals surface area contributed by atoms with Crippen LogP contribution in [0.15, 0.2) is 42.5 Å². The average Bonchev–Trinajstić information content (AvgIpc) is 2.41. The van der Waals surface area contributed by atoms with E-state index in [1.807, 2.05) is 13.0 Å². The average molecular weight is 259 g/mol. The van der Waals surface area contributed by atoms with Crippen LogP contribution in [-0.2, 0) is 0 Å². The number of hydrogen-bond acceptors (Lipinski definition) is 2. The van der Waals surface area contributed by atoms with Gasteiger partial charge in [0.25, 0.3) is 0 Å². The van der Waals surface area contributed by atoms with Crippen molar-refractivity contribution in [3.8, 4) is 5.75 Å². The van der Waals surface area contributed by atoms with Crippen LogP contribution in [0.2, 0.25) is 0 Å². The Kier molecular flexibility index (Phi) is 4.05. The molecule has 100 valence electrons.